The average Bonchev–Trinajstić information content (AvgIpc) is 3.08. The molecule has 0 unspecified atom stereocenters. The lowest BCUT2D eigenvalue weighted by atomic mass is 10.0. The molecule has 0 aliphatic carbocycles. The van der Waals surface area contributed by atoms with Crippen molar-refractivity contribution in [3.63, 3.8) is 0 Å². The van der Waals surface area contributed by atoms with Gasteiger partial charge in [-0.1, -0.05) is 25.8 Å². The fourth-order valence-corrected chi connectivity index (χ4v) is 1.64. The minimum Gasteiger partial charge on any atom is -0.326 e. The van der Waals surface area contributed by atoms with E-state index in [0.717, 1.165) is 0 Å². The average molecular weight is 279 g/mol. The third-order valence-corrected chi connectivity index (χ3v) is 2.42. The maximum Gasteiger partial charge on any atom is 0.228 e. The summed E-state index contributed by atoms with van der Waals surface area (Å²) in [6.45, 7) is -20.0. The van der Waals surface area contributed by atoms with E-state index in [1.54, 1.807) is 0 Å². The molecule has 0 fully saturated rings. The molecular weight excluding hydrogens is 236 g/mol. The Kier molecular flexibility index (Phi) is 1.22. The quantitative estimate of drug-likeness (QED) is 0.832. The normalized spacial score (nSPS) is 33.5. The molecule has 1 aromatic rings. The second-order valence-electron chi connectivity index (χ2n) is 3.58. The summed E-state index contributed by atoms with van der Waals surface area (Å²) in [5, 5.41) is 2.26. The van der Waals surface area contributed by atoms with Crippen molar-refractivity contribution in [2.45, 2.75) is 39.3 Å². The van der Waals surface area contributed by atoms with Crippen molar-refractivity contribution in [3.05, 3.63) is 29.3 Å². The van der Waals surface area contributed by atoms with Gasteiger partial charge in [-0.2, -0.15) is 0 Å². The van der Waals surface area contributed by atoms with Crippen LogP contribution in [-0.2, 0) is 17.6 Å². The van der Waals surface area contributed by atoms with Crippen LogP contribution < -0.4 is 5.32 Å². The summed E-state index contributed by atoms with van der Waals surface area (Å²) in [7, 11) is 0. The number of carbonyl (C=O) groups excluding carboxylic acids is 1. The maximum absolute atomic E-state index is 12.0. The fourth-order valence-electron chi connectivity index (χ4n) is 1.64. The lowest BCUT2D eigenvalue weighted by Gasteiger charge is -2.21. The summed E-state index contributed by atoms with van der Waals surface area (Å²) in [6, 6.07) is -2.22. The van der Waals surface area contributed by atoms with Gasteiger partial charge >= 0.3 is 0 Å². The molecule has 0 saturated carbocycles. The number of rotatable bonds is 7. The summed E-state index contributed by atoms with van der Waals surface area (Å²) in [4.78, 5) is 11.2. The van der Waals surface area contributed by atoms with Crippen molar-refractivity contribution in [3.8, 4) is 0 Å². The van der Waals surface area contributed by atoms with Crippen LogP contribution in [0.15, 0.2) is 18.1 Å². The van der Waals surface area contributed by atoms with Crippen LogP contribution in [0.25, 0.3) is 0 Å². The van der Waals surface area contributed by atoms with Gasteiger partial charge in [0.25, 0.3) is 0 Å². The largest absolute Gasteiger partial charge is 0.326 e. The lowest BCUT2D eigenvalue weighted by molar-refractivity contribution is -0.115. The van der Waals surface area contributed by atoms with Crippen LogP contribution in [0.5, 0.6) is 0 Å². The molecule has 0 aromatic heterocycles. The molecule has 3 nitrogen and oxygen atoms in total. The first kappa shape index (κ1) is 3.45. The topological polar surface area (TPSA) is 32.3 Å². The van der Waals surface area contributed by atoms with E-state index in [9.17, 15) is 4.79 Å². The molecule has 1 amide bonds. The highest BCUT2D eigenvalue weighted by Gasteiger charge is 2.20. The number of hydrogen-bond acceptors (Lipinski definition) is 2. The SMILES string of the molecule is [2H]c1c([2H])c(CC([2H])([2H])N(C([2H])([2H])C([2H])([2H])C([2H])([2H])[2H])C([2H])([2H])C([2H])([2H])C([2H])([2H])[2H])c2c(c1[2H])NC(=O)C2. The third-order valence-electron chi connectivity index (χ3n) is 2.42. The van der Waals surface area contributed by atoms with Gasteiger partial charge in [0.2, 0.25) is 5.91 Å². The molecule has 1 aromatic carbocycles. The van der Waals surface area contributed by atoms with Gasteiger partial charge in [0.1, 0.15) is 0 Å². The molecule has 1 aliphatic rings. The Labute approximate surface area is 142 Å². The highest BCUT2D eigenvalue weighted by Crippen LogP contribution is 2.26. The first-order valence-corrected chi connectivity index (χ1v) is 5.29. The number of benzene rings is 1. The van der Waals surface area contributed by atoms with Gasteiger partial charge in [-0.05, 0) is 49.3 Å². The first-order chi connectivity index (χ1) is 16.6. The lowest BCUT2D eigenvalue weighted by Crippen LogP contribution is -2.28. The number of hydrogen-bond donors (Lipinski definition) is 1. The van der Waals surface area contributed by atoms with E-state index in [1.807, 2.05) is 0 Å². The molecule has 1 heterocycles. The summed E-state index contributed by atoms with van der Waals surface area (Å²) >= 11 is 0. The van der Waals surface area contributed by atoms with Gasteiger partial charge in [-0.25, -0.2) is 0 Å². The van der Waals surface area contributed by atoms with E-state index in [0.29, 0.717) is 0 Å². The molecule has 2 rings (SSSR count). The minimum atomic E-state index is -4.26. The second-order valence-corrected chi connectivity index (χ2v) is 3.58. The highest BCUT2D eigenvalue weighted by atomic mass is 16.1. The molecule has 0 spiro atoms. The molecule has 104 valence electrons. The second kappa shape index (κ2) is 6.71. The maximum atomic E-state index is 12.0. The number of nitrogens with zero attached hydrogens (tertiary/aromatic N) is 1. The van der Waals surface area contributed by atoms with Crippen molar-refractivity contribution in [1.82, 2.24) is 4.90 Å². The van der Waals surface area contributed by atoms with E-state index in [1.165, 1.54) is 0 Å². The molecule has 1 aliphatic heterocycles. The van der Waals surface area contributed by atoms with E-state index in [2.05, 4.69) is 5.32 Å². The Morgan fingerprint density at radius 1 is 1.37 bits per heavy atom. The third kappa shape index (κ3) is 3.57. The number of amides is 1. The van der Waals surface area contributed by atoms with Gasteiger partial charge in [-0.15, -0.1) is 0 Å². The Hall–Kier alpha value is -1.35. The molecule has 0 saturated heterocycles. The fraction of sp³-hybridized carbons (Fsp3) is 0.562. The Bertz CT molecular complexity index is 1080. The molecule has 0 radical (unpaired) electrons. The van der Waals surface area contributed by atoms with Crippen molar-refractivity contribution in [1.29, 1.82) is 0 Å². The van der Waals surface area contributed by atoms with Crippen LogP contribution in [0.3, 0.4) is 0 Å². The standard InChI is InChI=1S/C16H24N2O/c1-3-9-18(10-4-2)11-8-13-6-5-7-15-14(13)12-16(19)17-15/h5-7H,3-4,8-12H2,1-2H3,(H,17,19)/i1D3,2D3,3D2,4D2,5D,6D,7D,9D2,10D2,11D2. The first-order valence-electron chi connectivity index (χ1n) is 14.8. The summed E-state index contributed by atoms with van der Waals surface area (Å²) in [5.74, 6) is -0.708. The predicted octanol–water partition coefficient (Wildman–Crippen LogP) is 2.85. The summed E-state index contributed by atoms with van der Waals surface area (Å²) in [5.41, 5.74) is -0.969. The predicted molar refractivity (Wildman–Crippen MR) is 79.5 cm³/mol. The molecule has 0 atom stereocenters. The van der Waals surface area contributed by atoms with Crippen LogP contribution in [0, 0.1) is 0 Å². The van der Waals surface area contributed by atoms with Gasteiger partial charge in [0.15, 0.2) is 0 Å². The number of fused-ring (bicyclic) bond motifs is 1. The van der Waals surface area contributed by atoms with E-state index in [4.69, 9.17) is 26.0 Å². The Morgan fingerprint density at radius 3 is 2.89 bits per heavy atom. The van der Waals surface area contributed by atoms with Gasteiger partial charge in [-0.3, -0.25) is 4.79 Å². The molecule has 1 N–H and O–H groups in total. The van der Waals surface area contributed by atoms with Crippen LogP contribution in [0.2, 0.25) is 0 Å². The zero-order valence-electron chi connectivity index (χ0n) is 28.8. The number of anilines is 1. The van der Waals surface area contributed by atoms with E-state index < -0.39 is 93.3 Å². The zero-order valence-corrected chi connectivity index (χ0v) is 9.77. The van der Waals surface area contributed by atoms with E-state index in [-0.39, 0.29) is 11.3 Å². The molecular formula is C16H24N2O. The molecule has 19 heavy (non-hydrogen) atoms. The summed E-state index contributed by atoms with van der Waals surface area (Å²) < 4.78 is 150. The monoisotopic (exact) mass is 279 g/mol. The van der Waals surface area contributed by atoms with Crippen molar-refractivity contribution in [2.75, 3.05) is 24.8 Å². The Morgan fingerprint density at radius 2 is 2.16 bits per heavy atom. The smallest absolute Gasteiger partial charge is 0.228 e. The van der Waals surface area contributed by atoms with Gasteiger partial charge in [0, 0.05) is 34.1 Å². The van der Waals surface area contributed by atoms with Crippen molar-refractivity contribution < 1.29 is 30.8 Å². The Balaban J connectivity index is 2.91. The van der Waals surface area contributed by atoms with E-state index >= 15 is 0 Å². The zero-order chi connectivity index (χ0) is 30.2. The number of nitrogens with one attached hydrogen (secondary N) is 1. The van der Waals surface area contributed by atoms with Crippen LogP contribution in [0.4, 0.5) is 5.69 Å². The highest BCUT2D eigenvalue weighted by molar-refractivity contribution is 5.99. The van der Waals surface area contributed by atoms with Gasteiger partial charge < -0.3 is 10.2 Å². The van der Waals surface area contributed by atoms with Gasteiger partial charge in [0.05, 0.1) is 10.5 Å². The van der Waals surface area contributed by atoms with Crippen molar-refractivity contribution in [2.24, 2.45) is 0 Å². The van der Waals surface area contributed by atoms with Crippen LogP contribution >= 0.6 is 0 Å². The number of carbonyl (C=O) groups is 1. The van der Waals surface area contributed by atoms with Crippen LogP contribution in [-0.4, -0.2) is 30.3 Å². The minimum absolute atomic E-state index is 0.177. The molecule has 0 bridgehead atoms. The summed E-state index contributed by atoms with van der Waals surface area (Å²) in [6.07, 6.45) is -10.1. The van der Waals surface area contributed by atoms with Crippen molar-refractivity contribution >= 4 is 11.6 Å². The van der Waals surface area contributed by atoms with Crippen LogP contribution in [0.1, 0.15) is 63.6 Å². The molecule has 3 heteroatoms.